The van der Waals surface area contributed by atoms with E-state index in [-0.39, 0.29) is 0 Å². The van der Waals surface area contributed by atoms with E-state index in [0.29, 0.717) is 6.04 Å². The van der Waals surface area contributed by atoms with Crippen molar-refractivity contribution >= 4 is 0 Å². The molecule has 3 nitrogen and oxygen atoms in total. The zero-order valence-corrected chi connectivity index (χ0v) is 11.5. The minimum Gasteiger partial charge on any atom is -0.307 e. The molecule has 2 aliphatic carbocycles. The predicted octanol–water partition coefficient (Wildman–Crippen LogP) is 3.11. The van der Waals surface area contributed by atoms with Crippen molar-refractivity contribution < 1.29 is 0 Å². The van der Waals surface area contributed by atoms with Gasteiger partial charge in [0.05, 0.1) is 6.20 Å². The fraction of sp³-hybridized carbons (Fsp3) is 0.800. The molecular weight excluding hydrogens is 222 g/mol. The van der Waals surface area contributed by atoms with Gasteiger partial charge < -0.3 is 5.32 Å². The fourth-order valence-corrected chi connectivity index (χ4v) is 3.61. The van der Waals surface area contributed by atoms with Gasteiger partial charge in [-0.25, -0.2) is 0 Å². The molecule has 1 saturated carbocycles. The van der Waals surface area contributed by atoms with Gasteiger partial charge in [0.25, 0.3) is 0 Å². The molecule has 1 fully saturated rings. The van der Waals surface area contributed by atoms with Crippen LogP contribution in [0.25, 0.3) is 0 Å². The second-order valence-corrected chi connectivity index (χ2v) is 5.97. The van der Waals surface area contributed by atoms with Crippen molar-refractivity contribution in [2.75, 3.05) is 0 Å². The molecule has 0 unspecified atom stereocenters. The van der Waals surface area contributed by atoms with Crippen LogP contribution >= 0.6 is 0 Å². The fourth-order valence-electron chi connectivity index (χ4n) is 3.61. The summed E-state index contributed by atoms with van der Waals surface area (Å²) in [4.78, 5) is 0. The van der Waals surface area contributed by atoms with Crippen LogP contribution in [0.15, 0.2) is 6.20 Å². The van der Waals surface area contributed by atoms with Crippen LogP contribution < -0.4 is 5.32 Å². The average Bonchev–Trinajstić information content (AvgIpc) is 2.62. The van der Waals surface area contributed by atoms with E-state index in [2.05, 4.69) is 28.3 Å². The van der Waals surface area contributed by atoms with Crippen LogP contribution in [0, 0.1) is 0 Å². The zero-order valence-electron chi connectivity index (χ0n) is 11.5. The molecule has 0 aliphatic heterocycles. The van der Waals surface area contributed by atoms with Crippen LogP contribution in [-0.2, 0) is 13.5 Å². The number of aryl methyl sites for hydroxylation is 1. The van der Waals surface area contributed by atoms with Gasteiger partial charge in [0, 0.05) is 30.4 Å². The summed E-state index contributed by atoms with van der Waals surface area (Å²) in [6, 6.07) is 1.30. The predicted molar refractivity (Wildman–Crippen MR) is 73.5 cm³/mol. The number of fused-ring (bicyclic) bond motifs is 1. The maximum absolute atomic E-state index is 4.44. The molecule has 0 saturated heterocycles. The number of hydrogen-bond donors (Lipinski definition) is 1. The Kier molecular flexibility index (Phi) is 3.69. The average molecular weight is 247 g/mol. The van der Waals surface area contributed by atoms with Crippen molar-refractivity contribution in [1.29, 1.82) is 0 Å². The number of aromatic nitrogens is 2. The summed E-state index contributed by atoms with van der Waals surface area (Å²) in [7, 11) is 2.08. The lowest BCUT2D eigenvalue weighted by molar-refractivity contribution is 0.365. The molecule has 1 aromatic heterocycles. The molecule has 1 atom stereocenters. The molecule has 0 aromatic carbocycles. The molecule has 1 N–H and O–H groups in total. The molecule has 0 radical (unpaired) electrons. The van der Waals surface area contributed by atoms with Crippen molar-refractivity contribution in [2.45, 2.75) is 69.9 Å². The normalized spacial score (nSPS) is 25.7. The third-order valence-corrected chi connectivity index (χ3v) is 4.67. The van der Waals surface area contributed by atoms with E-state index in [1.54, 1.807) is 0 Å². The second-order valence-electron chi connectivity index (χ2n) is 5.97. The first-order chi connectivity index (χ1) is 8.84. The maximum Gasteiger partial charge on any atom is 0.0540 e. The van der Waals surface area contributed by atoms with Crippen LogP contribution in [0.2, 0.25) is 0 Å². The van der Waals surface area contributed by atoms with Crippen molar-refractivity contribution in [1.82, 2.24) is 15.1 Å². The highest BCUT2D eigenvalue weighted by Gasteiger charge is 2.25. The highest BCUT2D eigenvalue weighted by molar-refractivity contribution is 5.24. The van der Waals surface area contributed by atoms with Crippen LogP contribution in [0.4, 0.5) is 0 Å². The Balaban J connectivity index is 1.69. The monoisotopic (exact) mass is 247 g/mol. The highest BCUT2D eigenvalue weighted by Crippen LogP contribution is 2.31. The third kappa shape index (κ3) is 2.46. The first kappa shape index (κ1) is 12.2. The highest BCUT2D eigenvalue weighted by atomic mass is 15.3. The van der Waals surface area contributed by atoms with E-state index < -0.39 is 0 Å². The van der Waals surface area contributed by atoms with E-state index in [4.69, 9.17) is 0 Å². The zero-order chi connectivity index (χ0) is 12.4. The van der Waals surface area contributed by atoms with Gasteiger partial charge in [0.15, 0.2) is 0 Å². The first-order valence-corrected chi connectivity index (χ1v) is 7.61. The summed E-state index contributed by atoms with van der Waals surface area (Å²) >= 11 is 0. The van der Waals surface area contributed by atoms with Crippen LogP contribution in [0.3, 0.4) is 0 Å². The second kappa shape index (κ2) is 5.43. The Morgan fingerprint density at radius 2 is 1.89 bits per heavy atom. The van der Waals surface area contributed by atoms with Gasteiger partial charge in [0.2, 0.25) is 0 Å². The van der Waals surface area contributed by atoms with Crippen molar-refractivity contribution in [3.8, 4) is 0 Å². The Labute approximate surface area is 110 Å². The quantitative estimate of drug-likeness (QED) is 0.814. The minimum absolute atomic E-state index is 0.561. The molecule has 3 heteroatoms. The maximum atomic E-state index is 4.44. The Bertz CT molecular complexity index is 388. The molecule has 100 valence electrons. The number of nitrogens with one attached hydrogen (secondary N) is 1. The summed E-state index contributed by atoms with van der Waals surface area (Å²) in [6.07, 6.45) is 14.3. The molecule has 0 bridgehead atoms. The SMILES string of the molecule is Cn1ncc2c1CCC[C@@H]2NC1CCCCCC1. The Morgan fingerprint density at radius 3 is 2.67 bits per heavy atom. The van der Waals surface area contributed by atoms with Crippen molar-refractivity contribution in [3.63, 3.8) is 0 Å². The largest absolute Gasteiger partial charge is 0.307 e. The molecular formula is C15H25N3. The number of nitrogens with zero attached hydrogens (tertiary/aromatic N) is 2. The van der Waals surface area contributed by atoms with E-state index in [0.717, 1.165) is 6.04 Å². The van der Waals surface area contributed by atoms with Gasteiger partial charge in [-0.15, -0.1) is 0 Å². The number of hydrogen-bond acceptors (Lipinski definition) is 2. The lowest BCUT2D eigenvalue weighted by Crippen LogP contribution is -2.34. The Morgan fingerprint density at radius 1 is 1.11 bits per heavy atom. The summed E-state index contributed by atoms with van der Waals surface area (Å²) in [5.74, 6) is 0. The van der Waals surface area contributed by atoms with E-state index in [1.807, 2.05) is 0 Å². The Hall–Kier alpha value is -0.830. The molecule has 0 spiro atoms. The molecule has 0 amide bonds. The van der Waals surface area contributed by atoms with Gasteiger partial charge in [0.1, 0.15) is 0 Å². The molecule has 1 aromatic rings. The van der Waals surface area contributed by atoms with E-state index in [1.165, 1.54) is 69.0 Å². The minimum atomic E-state index is 0.561. The standard InChI is InChI=1S/C15H25N3/c1-18-15-10-6-9-14(13(15)11-16-18)17-12-7-4-2-3-5-8-12/h11-12,14,17H,2-10H2,1H3/t14-/m0/s1. The van der Waals surface area contributed by atoms with Crippen molar-refractivity contribution in [3.05, 3.63) is 17.5 Å². The van der Waals surface area contributed by atoms with Gasteiger partial charge >= 0.3 is 0 Å². The summed E-state index contributed by atoms with van der Waals surface area (Å²) < 4.78 is 2.07. The van der Waals surface area contributed by atoms with Gasteiger partial charge in [-0.3, -0.25) is 4.68 Å². The van der Waals surface area contributed by atoms with Crippen LogP contribution in [-0.4, -0.2) is 15.8 Å². The van der Waals surface area contributed by atoms with Gasteiger partial charge in [-0.2, -0.15) is 5.10 Å². The molecule has 3 rings (SSSR count). The lowest BCUT2D eigenvalue weighted by Gasteiger charge is -2.28. The molecule has 18 heavy (non-hydrogen) atoms. The summed E-state index contributed by atoms with van der Waals surface area (Å²) in [5, 5.41) is 8.35. The van der Waals surface area contributed by atoms with E-state index >= 15 is 0 Å². The summed E-state index contributed by atoms with van der Waals surface area (Å²) in [5.41, 5.74) is 2.92. The first-order valence-electron chi connectivity index (χ1n) is 7.61. The smallest absolute Gasteiger partial charge is 0.0540 e. The van der Waals surface area contributed by atoms with Crippen molar-refractivity contribution in [2.24, 2.45) is 7.05 Å². The topological polar surface area (TPSA) is 29.9 Å². The molecule has 1 heterocycles. The van der Waals surface area contributed by atoms with E-state index in [9.17, 15) is 0 Å². The summed E-state index contributed by atoms with van der Waals surface area (Å²) in [6.45, 7) is 0. The van der Waals surface area contributed by atoms with Crippen LogP contribution in [0.1, 0.15) is 68.7 Å². The van der Waals surface area contributed by atoms with Crippen LogP contribution in [0.5, 0.6) is 0 Å². The van der Waals surface area contributed by atoms with Gasteiger partial charge in [-0.05, 0) is 32.1 Å². The van der Waals surface area contributed by atoms with Gasteiger partial charge in [-0.1, -0.05) is 25.7 Å². The lowest BCUT2D eigenvalue weighted by atomic mass is 9.91. The third-order valence-electron chi connectivity index (χ3n) is 4.67. The molecule has 2 aliphatic rings. The number of rotatable bonds is 2.